The number of hydrogen-bond donors (Lipinski definition) is 0. The minimum Gasteiger partial charge on any atom is -0.251 e. The maximum absolute atomic E-state index is 14.9. The van der Waals surface area contributed by atoms with E-state index in [1.165, 1.54) is 49.0 Å². The minimum absolute atomic E-state index is 0.121. The van der Waals surface area contributed by atoms with Crippen LogP contribution in [-0.2, 0) is 0 Å². The Morgan fingerprint density at radius 3 is 2.16 bits per heavy atom. The van der Waals surface area contributed by atoms with Gasteiger partial charge in [0.15, 0.2) is 11.6 Å². The van der Waals surface area contributed by atoms with Crippen molar-refractivity contribution < 1.29 is 13.2 Å². The highest BCUT2D eigenvalue weighted by molar-refractivity contribution is 6.59. The monoisotopic (exact) mass is 443 g/mol. The number of rotatable bonds is 7. The van der Waals surface area contributed by atoms with Crippen molar-refractivity contribution in [2.45, 2.75) is 87.8 Å². The van der Waals surface area contributed by atoms with Crippen LogP contribution in [0, 0.1) is 11.6 Å². The molecule has 1 heterocycles. The summed E-state index contributed by atoms with van der Waals surface area (Å²) < 4.78 is 41.3. The molecule has 2 aromatic rings. The molecule has 0 amide bonds. The van der Waals surface area contributed by atoms with E-state index >= 15 is 0 Å². The fourth-order valence-corrected chi connectivity index (χ4v) is 8.64. The standard InChI is InChI=1S/C27H34F3Si/c28-16-4-5-17-31-18-14-21(15-19-31)20-8-10-22(11-9-20)24-12-13-25(29)27(30)26(24)23-6-2-1-3-7-23/h8-13,21,23H,1-7,14-19H2. The van der Waals surface area contributed by atoms with Gasteiger partial charge in [-0.2, -0.15) is 0 Å². The molecule has 1 radical (unpaired) electrons. The van der Waals surface area contributed by atoms with Gasteiger partial charge < -0.3 is 0 Å². The van der Waals surface area contributed by atoms with Crippen molar-refractivity contribution in [2.24, 2.45) is 0 Å². The number of unbranched alkanes of at least 4 members (excludes halogenated alkanes) is 1. The number of alkyl halides is 1. The van der Waals surface area contributed by atoms with Crippen molar-refractivity contribution in [3.63, 3.8) is 0 Å². The van der Waals surface area contributed by atoms with Crippen LogP contribution < -0.4 is 0 Å². The molecule has 31 heavy (non-hydrogen) atoms. The van der Waals surface area contributed by atoms with Crippen LogP contribution in [0.3, 0.4) is 0 Å². The van der Waals surface area contributed by atoms with Gasteiger partial charge in [0, 0.05) is 14.4 Å². The Bertz CT molecular complexity index is 834. The van der Waals surface area contributed by atoms with Gasteiger partial charge in [0.05, 0.1) is 6.67 Å². The van der Waals surface area contributed by atoms with E-state index in [4.69, 9.17) is 0 Å². The van der Waals surface area contributed by atoms with Crippen molar-refractivity contribution in [3.05, 3.63) is 59.2 Å². The molecule has 0 N–H and O–H groups in total. The Labute approximate surface area is 186 Å². The predicted octanol–water partition coefficient (Wildman–Crippen LogP) is 8.80. The summed E-state index contributed by atoms with van der Waals surface area (Å²) in [7, 11) is -0.281. The van der Waals surface area contributed by atoms with E-state index in [1.54, 1.807) is 6.07 Å². The smallest absolute Gasteiger partial charge is 0.162 e. The molecule has 0 bridgehead atoms. The number of halogens is 3. The molecule has 0 aromatic heterocycles. The Balaban J connectivity index is 1.47. The molecule has 167 valence electrons. The first-order valence-corrected chi connectivity index (χ1v) is 14.3. The zero-order valence-corrected chi connectivity index (χ0v) is 19.4. The summed E-state index contributed by atoms with van der Waals surface area (Å²) in [5.41, 5.74) is 3.82. The second kappa shape index (κ2) is 10.8. The first-order chi connectivity index (χ1) is 15.2. The van der Waals surface area contributed by atoms with Crippen molar-refractivity contribution in [2.75, 3.05) is 6.67 Å². The van der Waals surface area contributed by atoms with Crippen molar-refractivity contribution in [1.29, 1.82) is 0 Å². The van der Waals surface area contributed by atoms with Crippen LogP contribution in [0.5, 0.6) is 0 Å². The summed E-state index contributed by atoms with van der Waals surface area (Å²) in [4.78, 5) is 0. The molecule has 1 saturated heterocycles. The van der Waals surface area contributed by atoms with E-state index in [0.717, 1.165) is 49.7 Å². The van der Waals surface area contributed by atoms with Crippen LogP contribution >= 0.6 is 0 Å². The Hall–Kier alpha value is -1.55. The van der Waals surface area contributed by atoms with Gasteiger partial charge >= 0.3 is 0 Å². The third kappa shape index (κ3) is 5.45. The molecule has 0 spiro atoms. The molecule has 1 saturated carbocycles. The molecule has 0 unspecified atom stereocenters. The van der Waals surface area contributed by atoms with Crippen molar-refractivity contribution in [3.8, 4) is 11.1 Å². The lowest BCUT2D eigenvalue weighted by atomic mass is 9.80. The average molecular weight is 444 g/mol. The van der Waals surface area contributed by atoms with E-state index in [0.29, 0.717) is 11.5 Å². The van der Waals surface area contributed by atoms with Crippen LogP contribution in [0.25, 0.3) is 11.1 Å². The fraction of sp³-hybridized carbons (Fsp3) is 0.556. The van der Waals surface area contributed by atoms with E-state index in [9.17, 15) is 13.2 Å². The largest absolute Gasteiger partial charge is 0.251 e. The molecule has 4 rings (SSSR count). The molecule has 0 atom stereocenters. The van der Waals surface area contributed by atoms with Gasteiger partial charge in [-0.05, 0) is 66.7 Å². The minimum atomic E-state index is -0.729. The van der Waals surface area contributed by atoms with E-state index < -0.39 is 11.6 Å². The van der Waals surface area contributed by atoms with Crippen LogP contribution in [0.15, 0.2) is 36.4 Å². The predicted molar refractivity (Wildman–Crippen MR) is 125 cm³/mol. The van der Waals surface area contributed by atoms with Gasteiger partial charge in [-0.3, -0.25) is 4.39 Å². The highest BCUT2D eigenvalue weighted by atomic mass is 28.3. The highest BCUT2D eigenvalue weighted by Gasteiger charge is 2.26. The topological polar surface area (TPSA) is 0 Å². The maximum atomic E-state index is 14.9. The van der Waals surface area contributed by atoms with Gasteiger partial charge in [0.1, 0.15) is 0 Å². The molecular formula is C27H34F3Si. The summed E-state index contributed by atoms with van der Waals surface area (Å²) in [5, 5.41) is 0. The Morgan fingerprint density at radius 2 is 1.48 bits per heavy atom. The third-order valence-corrected chi connectivity index (χ3v) is 10.5. The fourth-order valence-electron chi connectivity index (χ4n) is 5.62. The SMILES string of the molecule is FCCCC[Si]1CCC(c2ccc(-c3ccc(F)c(F)c3C3CCCCC3)cc2)CC1. The summed E-state index contributed by atoms with van der Waals surface area (Å²) in [6, 6.07) is 15.6. The van der Waals surface area contributed by atoms with Gasteiger partial charge in [-0.15, -0.1) is 0 Å². The first-order valence-electron chi connectivity index (χ1n) is 12.1. The summed E-state index contributed by atoms with van der Waals surface area (Å²) in [5.74, 6) is -0.655. The normalized spacial score (nSPS) is 19.1. The van der Waals surface area contributed by atoms with Crippen LogP contribution in [0.4, 0.5) is 13.2 Å². The Morgan fingerprint density at radius 1 is 0.774 bits per heavy atom. The van der Waals surface area contributed by atoms with Crippen LogP contribution in [-0.4, -0.2) is 15.5 Å². The average Bonchev–Trinajstić information content (AvgIpc) is 2.82. The van der Waals surface area contributed by atoms with Crippen molar-refractivity contribution >= 4 is 8.80 Å². The zero-order chi connectivity index (χ0) is 21.6. The second-order valence-electron chi connectivity index (χ2n) is 9.45. The van der Waals surface area contributed by atoms with Crippen LogP contribution in [0.2, 0.25) is 18.1 Å². The molecule has 4 heteroatoms. The highest BCUT2D eigenvalue weighted by Crippen LogP contribution is 2.41. The summed E-state index contributed by atoms with van der Waals surface area (Å²) in [6.45, 7) is -0.176. The zero-order valence-electron chi connectivity index (χ0n) is 18.4. The van der Waals surface area contributed by atoms with Gasteiger partial charge in [0.25, 0.3) is 0 Å². The van der Waals surface area contributed by atoms with Crippen LogP contribution in [0.1, 0.15) is 80.8 Å². The van der Waals surface area contributed by atoms with Gasteiger partial charge in [-0.1, -0.05) is 74.1 Å². The Kier molecular flexibility index (Phi) is 7.92. The first kappa shape index (κ1) is 22.6. The van der Waals surface area contributed by atoms with Gasteiger partial charge in [0.2, 0.25) is 0 Å². The quantitative estimate of drug-likeness (QED) is 0.296. The van der Waals surface area contributed by atoms with E-state index in [-0.39, 0.29) is 21.4 Å². The molecule has 2 fully saturated rings. The van der Waals surface area contributed by atoms with E-state index in [2.05, 4.69) is 24.3 Å². The molecule has 0 nitrogen and oxygen atoms in total. The van der Waals surface area contributed by atoms with E-state index in [1.807, 2.05) is 0 Å². The molecular weight excluding hydrogens is 409 g/mol. The van der Waals surface area contributed by atoms with Crippen molar-refractivity contribution in [1.82, 2.24) is 0 Å². The lowest BCUT2D eigenvalue weighted by Gasteiger charge is -2.28. The molecule has 2 aromatic carbocycles. The second-order valence-corrected chi connectivity index (χ2v) is 12.4. The summed E-state index contributed by atoms with van der Waals surface area (Å²) >= 11 is 0. The number of benzene rings is 2. The molecule has 2 aliphatic rings. The molecule has 1 aliphatic carbocycles. The third-order valence-electron chi connectivity index (χ3n) is 7.45. The maximum Gasteiger partial charge on any atom is 0.162 e. The lowest BCUT2D eigenvalue weighted by molar-refractivity contribution is 0.418. The summed E-state index contributed by atoms with van der Waals surface area (Å²) in [6.07, 6.45) is 9.54. The molecule has 1 aliphatic heterocycles. The van der Waals surface area contributed by atoms with Gasteiger partial charge in [-0.25, -0.2) is 8.78 Å². The lowest BCUT2D eigenvalue weighted by Crippen LogP contribution is -2.20. The number of hydrogen-bond acceptors (Lipinski definition) is 0.